The van der Waals surface area contributed by atoms with Gasteiger partial charge in [-0.2, -0.15) is 0 Å². The Bertz CT molecular complexity index is 391. The Morgan fingerprint density at radius 2 is 1.46 bits per heavy atom. The summed E-state index contributed by atoms with van der Waals surface area (Å²) in [5.41, 5.74) is 0. The fourth-order valence-electron chi connectivity index (χ4n) is 4.79. The lowest BCUT2D eigenvalue weighted by molar-refractivity contribution is -0.127. The van der Waals surface area contributed by atoms with Gasteiger partial charge in [0.25, 0.3) is 0 Å². The van der Waals surface area contributed by atoms with Crippen LogP contribution in [0.5, 0.6) is 0 Å². The second kappa shape index (κ2) is 11.4. The van der Waals surface area contributed by atoms with Crippen LogP contribution in [0.25, 0.3) is 0 Å². The summed E-state index contributed by atoms with van der Waals surface area (Å²) in [5.74, 6) is 1.93. The van der Waals surface area contributed by atoms with Gasteiger partial charge in [-0.1, -0.05) is 53.4 Å². The third-order valence-corrected chi connectivity index (χ3v) is 6.60. The van der Waals surface area contributed by atoms with E-state index in [4.69, 9.17) is 0 Å². The molecule has 1 saturated heterocycles. The van der Waals surface area contributed by atoms with E-state index in [9.17, 15) is 4.79 Å². The van der Waals surface area contributed by atoms with E-state index in [2.05, 4.69) is 37.5 Å². The van der Waals surface area contributed by atoms with Crippen LogP contribution in [-0.2, 0) is 4.79 Å². The molecule has 1 saturated carbocycles. The second-order valence-corrected chi connectivity index (χ2v) is 9.54. The van der Waals surface area contributed by atoms with E-state index in [0.29, 0.717) is 11.7 Å². The summed E-state index contributed by atoms with van der Waals surface area (Å²) in [5, 5.41) is 0. The molecule has 0 aromatic rings. The molecule has 2 fully saturated rings. The normalized spacial score (nSPS) is 25.9. The van der Waals surface area contributed by atoms with Gasteiger partial charge in [0.15, 0.2) is 0 Å². The first-order valence-corrected chi connectivity index (χ1v) is 11.5. The maximum Gasteiger partial charge on any atom is 0.138 e. The molecule has 0 aromatic carbocycles. The molecule has 0 bridgehead atoms. The van der Waals surface area contributed by atoms with Gasteiger partial charge in [-0.25, -0.2) is 0 Å². The van der Waals surface area contributed by atoms with Crippen molar-refractivity contribution in [2.45, 2.75) is 91.5 Å². The third kappa shape index (κ3) is 7.31. The van der Waals surface area contributed by atoms with Crippen molar-refractivity contribution in [2.24, 2.45) is 17.8 Å². The van der Waals surface area contributed by atoms with Gasteiger partial charge in [0.2, 0.25) is 0 Å². The quantitative estimate of drug-likeness (QED) is 0.510. The van der Waals surface area contributed by atoms with Gasteiger partial charge >= 0.3 is 0 Å². The number of nitrogens with zero attached hydrogens (tertiary/aromatic N) is 2. The molecule has 0 atom stereocenters. The van der Waals surface area contributed by atoms with Crippen molar-refractivity contribution >= 4 is 5.78 Å². The van der Waals surface area contributed by atoms with E-state index in [1.54, 1.807) is 0 Å². The van der Waals surface area contributed by atoms with Crippen molar-refractivity contribution < 1.29 is 4.79 Å². The summed E-state index contributed by atoms with van der Waals surface area (Å²) in [4.78, 5) is 17.6. The topological polar surface area (TPSA) is 23.6 Å². The SMILES string of the molecule is CC(C)CCCCCCN1CCN(C2CCC(C(=O)C(C)C)CC2)CC1. The summed E-state index contributed by atoms with van der Waals surface area (Å²) in [6, 6.07) is 0.740. The standard InChI is InChI=1S/C23H44N2O/c1-19(2)9-7-5-6-8-14-24-15-17-25(18-16-24)22-12-10-21(11-13-22)23(26)20(3)4/h19-22H,5-18H2,1-4H3. The highest BCUT2D eigenvalue weighted by atomic mass is 16.1. The molecule has 152 valence electrons. The van der Waals surface area contributed by atoms with Crippen molar-refractivity contribution in [1.82, 2.24) is 9.80 Å². The van der Waals surface area contributed by atoms with Crippen molar-refractivity contribution in [3.05, 3.63) is 0 Å². The number of carbonyl (C=O) groups is 1. The second-order valence-electron chi connectivity index (χ2n) is 9.54. The van der Waals surface area contributed by atoms with E-state index < -0.39 is 0 Å². The lowest BCUT2D eigenvalue weighted by Gasteiger charge is -2.42. The number of rotatable bonds is 10. The molecule has 26 heavy (non-hydrogen) atoms. The molecule has 3 heteroatoms. The summed E-state index contributed by atoms with van der Waals surface area (Å²) in [6.07, 6.45) is 11.7. The molecule has 3 nitrogen and oxygen atoms in total. The molecule has 0 amide bonds. The van der Waals surface area contributed by atoms with Crippen molar-refractivity contribution in [3.8, 4) is 0 Å². The highest BCUT2D eigenvalue weighted by Crippen LogP contribution is 2.30. The molecule has 2 aliphatic rings. The average Bonchev–Trinajstić information content (AvgIpc) is 2.64. The summed E-state index contributed by atoms with van der Waals surface area (Å²) in [7, 11) is 0. The first kappa shape index (κ1) is 21.9. The lowest BCUT2D eigenvalue weighted by Crippen LogP contribution is -2.51. The average molecular weight is 365 g/mol. The number of hydrogen-bond acceptors (Lipinski definition) is 3. The Hall–Kier alpha value is -0.410. The smallest absolute Gasteiger partial charge is 0.138 e. The Kier molecular flexibility index (Phi) is 9.63. The summed E-state index contributed by atoms with van der Waals surface area (Å²) < 4.78 is 0. The maximum atomic E-state index is 12.2. The molecule has 1 aliphatic heterocycles. The molecule has 0 radical (unpaired) electrons. The molecule has 2 rings (SSSR count). The predicted molar refractivity (Wildman–Crippen MR) is 112 cm³/mol. The first-order chi connectivity index (χ1) is 12.5. The van der Waals surface area contributed by atoms with Crippen LogP contribution >= 0.6 is 0 Å². The zero-order valence-corrected chi connectivity index (χ0v) is 18.0. The number of carbonyl (C=O) groups excluding carboxylic acids is 1. The highest BCUT2D eigenvalue weighted by Gasteiger charge is 2.31. The van der Waals surface area contributed by atoms with Gasteiger partial charge in [0.1, 0.15) is 5.78 Å². The predicted octanol–water partition coefficient (Wildman–Crippen LogP) is 4.99. The summed E-state index contributed by atoms with van der Waals surface area (Å²) in [6.45, 7) is 15.0. The van der Waals surface area contributed by atoms with Crippen LogP contribution in [-0.4, -0.2) is 54.3 Å². The van der Waals surface area contributed by atoms with E-state index in [1.165, 1.54) is 77.7 Å². The molecule has 1 heterocycles. The Morgan fingerprint density at radius 3 is 2.04 bits per heavy atom. The van der Waals surface area contributed by atoms with Crippen molar-refractivity contribution in [3.63, 3.8) is 0 Å². The number of hydrogen-bond donors (Lipinski definition) is 0. The van der Waals surface area contributed by atoms with Crippen LogP contribution in [0.3, 0.4) is 0 Å². The number of ketones is 1. The third-order valence-electron chi connectivity index (χ3n) is 6.60. The van der Waals surface area contributed by atoms with Gasteiger partial charge in [-0.05, 0) is 44.6 Å². The van der Waals surface area contributed by atoms with Crippen LogP contribution in [0.4, 0.5) is 0 Å². The van der Waals surface area contributed by atoms with E-state index in [0.717, 1.165) is 24.8 Å². The van der Waals surface area contributed by atoms with E-state index in [1.807, 2.05) is 0 Å². The minimum absolute atomic E-state index is 0.213. The van der Waals surface area contributed by atoms with Crippen molar-refractivity contribution in [1.29, 1.82) is 0 Å². The zero-order valence-electron chi connectivity index (χ0n) is 18.0. The van der Waals surface area contributed by atoms with Gasteiger partial charge in [0.05, 0.1) is 0 Å². The van der Waals surface area contributed by atoms with Gasteiger partial charge in [-0.3, -0.25) is 9.69 Å². The molecular formula is C23H44N2O. The largest absolute Gasteiger partial charge is 0.301 e. The Labute approximate surface area is 162 Å². The first-order valence-electron chi connectivity index (χ1n) is 11.5. The monoisotopic (exact) mass is 364 g/mol. The van der Waals surface area contributed by atoms with Gasteiger partial charge in [-0.15, -0.1) is 0 Å². The van der Waals surface area contributed by atoms with Gasteiger partial charge in [0, 0.05) is 44.1 Å². The number of Topliss-reactive ketones (excluding diaryl/α,β-unsaturated/α-hetero) is 1. The van der Waals surface area contributed by atoms with E-state index >= 15 is 0 Å². The minimum Gasteiger partial charge on any atom is -0.301 e. The number of piperazine rings is 1. The fourth-order valence-corrected chi connectivity index (χ4v) is 4.79. The van der Waals surface area contributed by atoms with Gasteiger partial charge < -0.3 is 4.90 Å². The van der Waals surface area contributed by atoms with E-state index in [-0.39, 0.29) is 5.92 Å². The van der Waals surface area contributed by atoms with Crippen LogP contribution in [0.1, 0.15) is 85.5 Å². The van der Waals surface area contributed by atoms with Crippen LogP contribution < -0.4 is 0 Å². The van der Waals surface area contributed by atoms with Crippen LogP contribution in [0.15, 0.2) is 0 Å². The molecule has 1 aliphatic carbocycles. The minimum atomic E-state index is 0.213. The molecule has 0 aromatic heterocycles. The maximum absolute atomic E-state index is 12.2. The van der Waals surface area contributed by atoms with Crippen LogP contribution in [0, 0.1) is 17.8 Å². The Morgan fingerprint density at radius 1 is 0.846 bits per heavy atom. The molecule has 0 N–H and O–H groups in total. The van der Waals surface area contributed by atoms with Crippen LogP contribution in [0.2, 0.25) is 0 Å². The summed E-state index contributed by atoms with van der Waals surface area (Å²) >= 11 is 0. The Balaban J connectivity index is 1.55. The molecule has 0 spiro atoms. The fraction of sp³-hybridized carbons (Fsp3) is 0.957. The zero-order chi connectivity index (χ0) is 18.9. The highest BCUT2D eigenvalue weighted by molar-refractivity contribution is 5.82. The molecular weight excluding hydrogens is 320 g/mol. The van der Waals surface area contributed by atoms with Crippen molar-refractivity contribution in [2.75, 3.05) is 32.7 Å². The lowest BCUT2D eigenvalue weighted by atomic mass is 9.80. The molecule has 0 unspecified atom stereocenters. The number of unbranched alkanes of at least 4 members (excludes halogenated alkanes) is 3.